The van der Waals surface area contributed by atoms with Crippen molar-refractivity contribution in [2.75, 3.05) is 26.2 Å². The van der Waals surface area contributed by atoms with Crippen LogP contribution in [0.3, 0.4) is 0 Å². The van der Waals surface area contributed by atoms with E-state index >= 15 is 0 Å². The van der Waals surface area contributed by atoms with Crippen LogP contribution in [0.4, 0.5) is 17.6 Å². The number of hydrogen-bond donors (Lipinski definition) is 1. The van der Waals surface area contributed by atoms with Crippen molar-refractivity contribution < 1.29 is 22.3 Å². The standard InChI is InChI=1S/C17H24F4N2O.ClH/c1-2-3-7-14(23-11-9-22-10-12-23)13-6-4-5-8-15(13)24-17(20,21)16(18)19;/h4-6,8,14,16,22H,2-3,7,9-12H2,1H3;1H/t14-;/m0./s1. The van der Waals surface area contributed by atoms with Crippen LogP contribution in [0, 0.1) is 0 Å². The van der Waals surface area contributed by atoms with Crippen molar-refractivity contribution in [3.05, 3.63) is 29.8 Å². The fraction of sp³-hybridized carbons (Fsp3) is 0.647. The molecule has 3 nitrogen and oxygen atoms in total. The van der Waals surface area contributed by atoms with Crippen LogP contribution in [0.1, 0.15) is 37.8 Å². The van der Waals surface area contributed by atoms with Crippen molar-refractivity contribution in [1.82, 2.24) is 10.2 Å². The second-order valence-corrected chi connectivity index (χ2v) is 5.95. The molecule has 1 aromatic rings. The SMILES string of the molecule is CCCC[C@@H](c1ccccc1OC(F)(F)C(F)F)N1CCNCC1.Cl. The first-order valence-corrected chi connectivity index (χ1v) is 8.34. The third kappa shape index (κ3) is 6.01. The number of halogens is 5. The van der Waals surface area contributed by atoms with E-state index in [2.05, 4.69) is 21.9 Å². The zero-order chi connectivity index (χ0) is 17.6. The van der Waals surface area contributed by atoms with Gasteiger partial charge in [0.25, 0.3) is 0 Å². The van der Waals surface area contributed by atoms with E-state index in [-0.39, 0.29) is 24.2 Å². The Morgan fingerprint density at radius 2 is 1.84 bits per heavy atom. The van der Waals surface area contributed by atoms with Crippen LogP contribution in [0.5, 0.6) is 5.75 Å². The largest absolute Gasteiger partial charge is 0.461 e. The number of nitrogens with one attached hydrogen (secondary N) is 1. The van der Waals surface area contributed by atoms with Gasteiger partial charge in [0.05, 0.1) is 0 Å². The van der Waals surface area contributed by atoms with Crippen molar-refractivity contribution in [3.8, 4) is 5.75 Å². The Hall–Kier alpha value is -1.05. The average molecular weight is 385 g/mol. The molecule has 0 saturated carbocycles. The molecule has 2 rings (SSSR count). The summed E-state index contributed by atoms with van der Waals surface area (Å²) in [6.45, 7) is 5.27. The van der Waals surface area contributed by atoms with E-state index in [1.807, 2.05) is 0 Å². The van der Waals surface area contributed by atoms with Crippen molar-refractivity contribution in [2.45, 2.75) is 44.8 Å². The Morgan fingerprint density at radius 3 is 2.44 bits per heavy atom. The summed E-state index contributed by atoms with van der Waals surface area (Å²) in [7, 11) is 0. The maximum atomic E-state index is 13.4. The molecule has 1 aliphatic heterocycles. The molecule has 1 fully saturated rings. The molecule has 0 unspecified atom stereocenters. The van der Waals surface area contributed by atoms with Crippen LogP contribution >= 0.6 is 12.4 Å². The smallest absolute Gasteiger partial charge is 0.428 e. The summed E-state index contributed by atoms with van der Waals surface area (Å²) >= 11 is 0. The molecular formula is C17H25ClF4N2O. The summed E-state index contributed by atoms with van der Waals surface area (Å²) in [5, 5.41) is 3.25. The number of piperazine rings is 1. The number of unbranched alkanes of at least 4 members (excludes halogenated alkanes) is 1. The second kappa shape index (κ2) is 10.2. The molecule has 0 spiro atoms. The highest BCUT2D eigenvalue weighted by Gasteiger charge is 2.44. The van der Waals surface area contributed by atoms with Gasteiger partial charge in [0.15, 0.2) is 0 Å². The minimum absolute atomic E-state index is 0. The van der Waals surface area contributed by atoms with Gasteiger partial charge in [-0.2, -0.15) is 17.6 Å². The third-order valence-corrected chi connectivity index (χ3v) is 4.20. The van der Waals surface area contributed by atoms with Gasteiger partial charge in [-0.15, -0.1) is 12.4 Å². The number of nitrogens with zero attached hydrogens (tertiary/aromatic N) is 1. The van der Waals surface area contributed by atoms with Crippen LogP contribution in [0.25, 0.3) is 0 Å². The van der Waals surface area contributed by atoms with E-state index in [4.69, 9.17) is 0 Å². The summed E-state index contributed by atoms with van der Waals surface area (Å²) in [6, 6.07) is 6.17. The molecule has 0 radical (unpaired) electrons. The molecule has 25 heavy (non-hydrogen) atoms. The van der Waals surface area contributed by atoms with Gasteiger partial charge in [0.2, 0.25) is 0 Å². The van der Waals surface area contributed by atoms with Gasteiger partial charge in [0.1, 0.15) is 5.75 Å². The molecular weight excluding hydrogens is 360 g/mol. The van der Waals surface area contributed by atoms with E-state index in [0.29, 0.717) is 5.56 Å². The normalized spacial score (nSPS) is 17.2. The summed E-state index contributed by atoms with van der Waals surface area (Å²) in [4.78, 5) is 2.20. The summed E-state index contributed by atoms with van der Waals surface area (Å²) in [6.07, 6.45) is -5.68. The summed E-state index contributed by atoms with van der Waals surface area (Å²) in [5.41, 5.74) is 0.549. The average Bonchev–Trinajstić information content (AvgIpc) is 2.57. The zero-order valence-corrected chi connectivity index (χ0v) is 15.0. The van der Waals surface area contributed by atoms with Gasteiger partial charge in [0, 0.05) is 37.8 Å². The van der Waals surface area contributed by atoms with Gasteiger partial charge in [-0.3, -0.25) is 4.90 Å². The molecule has 144 valence electrons. The van der Waals surface area contributed by atoms with E-state index in [1.54, 1.807) is 12.1 Å². The topological polar surface area (TPSA) is 24.5 Å². The molecule has 1 N–H and O–H groups in total. The van der Waals surface area contributed by atoms with Gasteiger partial charge in [-0.05, 0) is 12.5 Å². The lowest BCUT2D eigenvalue weighted by molar-refractivity contribution is -0.253. The molecule has 0 amide bonds. The zero-order valence-electron chi connectivity index (χ0n) is 14.2. The van der Waals surface area contributed by atoms with E-state index in [1.165, 1.54) is 12.1 Å². The number of ether oxygens (including phenoxy) is 1. The van der Waals surface area contributed by atoms with Crippen molar-refractivity contribution in [3.63, 3.8) is 0 Å². The van der Waals surface area contributed by atoms with Crippen LogP contribution in [0.15, 0.2) is 24.3 Å². The van der Waals surface area contributed by atoms with E-state index in [9.17, 15) is 17.6 Å². The fourth-order valence-electron chi connectivity index (χ4n) is 2.97. The Balaban J connectivity index is 0.00000312. The molecule has 1 heterocycles. The summed E-state index contributed by atoms with van der Waals surface area (Å²) < 4.78 is 56.2. The number of hydrogen-bond acceptors (Lipinski definition) is 3. The molecule has 1 aromatic carbocycles. The Bertz CT molecular complexity index is 513. The van der Waals surface area contributed by atoms with Crippen LogP contribution < -0.4 is 10.1 Å². The monoisotopic (exact) mass is 384 g/mol. The first-order chi connectivity index (χ1) is 11.5. The molecule has 1 atom stereocenters. The maximum absolute atomic E-state index is 13.4. The van der Waals surface area contributed by atoms with Crippen LogP contribution in [0.2, 0.25) is 0 Å². The lowest BCUT2D eigenvalue weighted by Gasteiger charge is -2.36. The van der Waals surface area contributed by atoms with Gasteiger partial charge >= 0.3 is 12.5 Å². The first kappa shape index (κ1) is 22.0. The highest BCUT2D eigenvalue weighted by Crippen LogP contribution is 2.37. The molecule has 0 aliphatic carbocycles. The van der Waals surface area contributed by atoms with Gasteiger partial charge in [-0.1, -0.05) is 38.0 Å². The molecule has 0 aromatic heterocycles. The van der Waals surface area contributed by atoms with E-state index < -0.39 is 12.5 Å². The highest BCUT2D eigenvalue weighted by molar-refractivity contribution is 5.85. The second-order valence-electron chi connectivity index (χ2n) is 5.95. The van der Waals surface area contributed by atoms with Crippen molar-refractivity contribution >= 4 is 12.4 Å². The Kier molecular flexibility index (Phi) is 8.96. The number of benzene rings is 1. The van der Waals surface area contributed by atoms with Gasteiger partial charge < -0.3 is 10.1 Å². The molecule has 1 saturated heterocycles. The highest BCUT2D eigenvalue weighted by atomic mass is 35.5. The molecule has 0 bridgehead atoms. The lowest BCUT2D eigenvalue weighted by Crippen LogP contribution is -2.45. The predicted molar refractivity (Wildman–Crippen MR) is 92.0 cm³/mol. The maximum Gasteiger partial charge on any atom is 0.461 e. The summed E-state index contributed by atoms with van der Waals surface area (Å²) in [5.74, 6) is -0.164. The lowest BCUT2D eigenvalue weighted by atomic mass is 9.98. The van der Waals surface area contributed by atoms with E-state index in [0.717, 1.165) is 45.4 Å². The minimum Gasteiger partial charge on any atom is -0.428 e. The molecule has 1 aliphatic rings. The number of para-hydroxylation sites is 1. The predicted octanol–water partition coefficient (Wildman–Crippen LogP) is 4.48. The third-order valence-electron chi connectivity index (χ3n) is 4.20. The van der Waals surface area contributed by atoms with Crippen molar-refractivity contribution in [2.24, 2.45) is 0 Å². The Labute approximate surface area is 152 Å². The van der Waals surface area contributed by atoms with Crippen LogP contribution in [-0.4, -0.2) is 43.6 Å². The van der Waals surface area contributed by atoms with Crippen molar-refractivity contribution in [1.29, 1.82) is 0 Å². The quantitative estimate of drug-likeness (QED) is 0.669. The molecule has 8 heteroatoms. The number of alkyl halides is 4. The Morgan fingerprint density at radius 1 is 1.20 bits per heavy atom. The first-order valence-electron chi connectivity index (χ1n) is 8.34. The minimum atomic E-state index is -4.49. The van der Waals surface area contributed by atoms with Gasteiger partial charge in [-0.25, -0.2) is 0 Å². The number of rotatable bonds is 8. The van der Waals surface area contributed by atoms with Crippen LogP contribution in [-0.2, 0) is 0 Å². The fourth-order valence-corrected chi connectivity index (χ4v) is 2.97.